The van der Waals surface area contributed by atoms with Gasteiger partial charge in [0, 0.05) is 10.5 Å². The highest BCUT2D eigenvalue weighted by atomic mass is 79.9. The van der Waals surface area contributed by atoms with Crippen molar-refractivity contribution in [2.75, 3.05) is 5.32 Å². The molecule has 1 aromatic carbocycles. The number of H-pyrrole nitrogens is 2. The fourth-order valence-electron chi connectivity index (χ4n) is 3.18. The molecule has 108 valence electrons. The van der Waals surface area contributed by atoms with E-state index in [4.69, 9.17) is 0 Å². The average molecular weight is 338 g/mol. The summed E-state index contributed by atoms with van der Waals surface area (Å²) < 4.78 is 0.999. The van der Waals surface area contributed by atoms with Gasteiger partial charge in [0.2, 0.25) is 0 Å². The Kier molecular flexibility index (Phi) is 3.87. The number of hydrogen-bond acceptors (Lipinski definition) is 2. The molecule has 3 N–H and O–H groups in total. The molecule has 1 aliphatic carbocycles. The number of imidazole rings is 1. The molecule has 2 aromatic rings. The normalized spacial score (nSPS) is 23.1. The number of rotatable bonds is 3. The highest BCUT2D eigenvalue weighted by Crippen LogP contribution is 2.32. The number of fused-ring (bicyclic) bond motifs is 1. The van der Waals surface area contributed by atoms with Gasteiger partial charge in [-0.2, -0.15) is 0 Å². The molecule has 0 spiro atoms. The highest BCUT2D eigenvalue weighted by Gasteiger charge is 2.21. The van der Waals surface area contributed by atoms with Crippen LogP contribution in [0.3, 0.4) is 0 Å². The van der Waals surface area contributed by atoms with Crippen molar-refractivity contribution in [1.29, 1.82) is 0 Å². The summed E-state index contributed by atoms with van der Waals surface area (Å²) in [6.07, 6.45) is 6.40. The molecule has 0 saturated heterocycles. The maximum Gasteiger partial charge on any atom is 0.323 e. The summed E-state index contributed by atoms with van der Waals surface area (Å²) in [6, 6.07) is 4.50. The molecule has 0 aliphatic heterocycles. The van der Waals surface area contributed by atoms with Gasteiger partial charge >= 0.3 is 5.69 Å². The Morgan fingerprint density at radius 3 is 2.80 bits per heavy atom. The van der Waals surface area contributed by atoms with Crippen LogP contribution in [-0.2, 0) is 0 Å². The van der Waals surface area contributed by atoms with Crippen molar-refractivity contribution in [1.82, 2.24) is 9.97 Å². The summed E-state index contributed by atoms with van der Waals surface area (Å²) in [4.78, 5) is 16.9. The lowest BCUT2D eigenvalue weighted by atomic mass is 9.84. The standard InChI is InChI=1S/C15H20BrN3O/c1-2-9-4-3-5-10(6-9)17-12-8-14-13(7-11(12)16)18-15(20)19-14/h7-10,17H,2-6H2,1H3,(H2,18,19,20). The van der Waals surface area contributed by atoms with Gasteiger partial charge in [-0.1, -0.05) is 26.2 Å². The van der Waals surface area contributed by atoms with Crippen LogP contribution in [0.2, 0.25) is 0 Å². The number of halogens is 1. The number of hydrogen-bond donors (Lipinski definition) is 3. The fraction of sp³-hybridized carbons (Fsp3) is 0.533. The molecular weight excluding hydrogens is 318 g/mol. The number of aromatic amines is 2. The molecule has 1 aromatic heterocycles. The Morgan fingerprint density at radius 1 is 1.30 bits per heavy atom. The zero-order valence-corrected chi connectivity index (χ0v) is 13.2. The van der Waals surface area contributed by atoms with Crippen LogP contribution in [0.15, 0.2) is 21.4 Å². The van der Waals surface area contributed by atoms with E-state index in [1.54, 1.807) is 0 Å². The van der Waals surface area contributed by atoms with E-state index in [1.807, 2.05) is 12.1 Å². The molecule has 2 atom stereocenters. The van der Waals surface area contributed by atoms with E-state index in [0.29, 0.717) is 6.04 Å². The zero-order chi connectivity index (χ0) is 14.1. The van der Waals surface area contributed by atoms with Gasteiger partial charge < -0.3 is 15.3 Å². The summed E-state index contributed by atoms with van der Waals surface area (Å²) in [5, 5.41) is 3.63. The maximum atomic E-state index is 11.3. The van der Waals surface area contributed by atoms with Gasteiger partial charge in [-0.3, -0.25) is 0 Å². The molecule has 0 amide bonds. The Labute approximate surface area is 126 Å². The van der Waals surface area contributed by atoms with Crippen molar-refractivity contribution >= 4 is 32.7 Å². The number of aromatic nitrogens is 2. The molecule has 20 heavy (non-hydrogen) atoms. The highest BCUT2D eigenvalue weighted by molar-refractivity contribution is 9.10. The van der Waals surface area contributed by atoms with Crippen LogP contribution in [-0.4, -0.2) is 16.0 Å². The number of benzene rings is 1. The third kappa shape index (κ3) is 2.77. The molecule has 1 heterocycles. The summed E-state index contributed by atoms with van der Waals surface area (Å²) in [5.74, 6) is 0.843. The van der Waals surface area contributed by atoms with Crippen LogP contribution < -0.4 is 11.0 Å². The first kappa shape index (κ1) is 13.7. The van der Waals surface area contributed by atoms with E-state index >= 15 is 0 Å². The van der Waals surface area contributed by atoms with Crippen LogP contribution >= 0.6 is 15.9 Å². The van der Waals surface area contributed by atoms with Gasteiger partial charge in [0.05, 0.1) is 16.7 Å². The van der Waals surface area contributed by atoms with Crippen molar-refractivity contribution in [2.45, 2.75) is 45.1 Å². The summed E-state index contributed by atoms with van der Waals surface area (Å²) in [6.45, 7) is 2.28. The second-order valence-corrected chi connectivity index (χ2v) is 6.59. The largest absolute Gasteiger partial charge is 0.381 e. The van der Waals surface area contributed by atoms with Gasteiger partial charge in [0.1, 0.15) is 0 Å². The molecule has 1 saturated carbocycles. The summed E-state index contributed by atoms with van der Waals surface area (Å²) in [7, 11) is 0. The minimum Gasteiger partial charge on any atom is -0.381 e. The van der Waals surface area contributed by atoms with Crippen molar-refractivity contribution in [3.05, 3.63) is 27.1 Å². The monoisotopic (exact) mass is 337 g/mol. The van der Waals surface area contributed by atoms with E-state index in [2.05, 4.69) is 38.1 Å². The molecule has 4 nitrogen and oxygen atoms in total. The first-order valence-corrected chi connectivity index (χ1v) is 8.13. The van der Waals surface area contributed by atoms with Crippen molar-refractivity contribution in [3.63, 3.8) is 0 Å². The first-order valence-electron chi connectivity index (χ1n) is 7.33. The first-order chi connectivity index (χ1) is 9.65. The van der Waals surface area contributed by atoms with Gasteiger partial charge in [-0.15, -0.1) is 0 Å². The lowest BCUT2D eigenvalue weighted by Crippen LogP contribution is -2.27. The van der Waals surface area contributed by atoms with Crippen LogP contribution in [0, 0.1) is 5.92 Å². The molecule has 1 aliphatic rings. The Balaban J connectivity index is 1.82. The third-order valence-electron chi connectivity index (χ3n) is 4.32. The van der Waals surface area contributed by atoms with Crippen LogP contribution in [0.25, 0.3) is 11.0 Å². The van der Waals surface area contributed by atoms with E-state index in [1.165, 1.54) is 32.1 Å². The minimum absolute atomic E-state index is 0.159. The second kappa shape index (κ2) is 5.64. The van der Waals surface area contributed by atoms with Gasteiger partial charge in [-0.25, -0.2) is 4.79 Å². The Hall–Kier alpha value is -1.23. The molecule has 5 heteroatoms. The fourth-order valence-corrected chi connectivity index (χ4v) is 3.64. The smallest absolute Gasteiger partial charge is 0.323 e. The van der Waals surface area contributed by atoms with Crippen molar-refractivity contribution in [2.24, 2.45) is 5.92 Å². The van der Waals surface area contributed by atoms with Crippen LogP contribution in [0.5, 0.6) is 0 Å². The van der Waals surface area contributed by atoms with E-state index < -0.39 is 0 Å². The van der Waals surface area contributed by atoms with Crippen molar-refractivity contribution in [3.8, 4) is 0 Å². The Morgan fingerprint density at radius 2 is 2.05 bits per heavy atom. The molecular formula is C15H20BrN3O. The van der Waals surface area contributed by atoms with E-state index in [9.17, 15) is 4.79 Å². The SMILES string of the molecule is CCC1CCCC(Nc2cc3[nH]c(=O)[nH]c3cc2Br)C1. The van der Waals surface area contributed by atoms with E-state index in [-0.39, 0.29) is 5.69 Å². The minimum atomic E-state index is -0.159. The molecule has 3 rings (SSSR count). The third-order valence-corrected chi connectivity index (χ3v) is 4.98. The predicted octanol–water partition coefficient (Wildman–Crippen LogP) is 4.00. The summed E-state index contributed by atoms with van der Waals surface area (Å²) in [5.41, 5.74) is 2.59. The van der Waals surface area contributed by atoms with Crippen molar-refractivity contribution < 1.29 is 0 Å². The van der Waals surface area contributed by atoms with E-state index in [0.717, 1.165) is 27.1 Å². The molecule has 2 unspecified atom stereocenters. The van der Waals surface area contributed by atoms with Gasteiger partial charge in [-0.05, 0) is 46.8 Å². The summed E-state index contributed by atoms with van der Waals surface area (Å²) >= 11 is 3.59. The van der Waals surface area contributed by atoms with Crippen LogP contribution in [0.4, 0.5) is 5.69 Å². The topological polar surface area (TPSA) is 60.7 Å². The lowest BCUT2D eigenvalue weighted by molar-refractivity contribution is 0.327. The molecule has 0 radical (unpaired) electrons. The number of anilines is 1. The van der Waals surface area contributed by atoms with Crippen LogP contribution in [0.1, 0.15) is 39.0 Å². The lowest BCUT2D eigenvalue weighted by Gasteiger charge is -2.30. The maximum absolute atomic E-state index is 11.3. The predicted molar refractivity (Wildman–Crippen MR) is 86.3 cm³/mol. The molecule has 1 fully saturated rings. The molecule has 0 bridgehead atoms. The zero-order valence-electron chi connectivity index (χ0n) is 11.6. The van der Waals surface area contributed by atoms with Gasteiger partial charge in [0.25, 0.3) is 0 Å². The average Bonchev–Trinajstić information content (AvgIpc) is 2.78. The second-order valence-electron chi connectivity index (χ2n) is 5.74. The number of nitrogens with one attached hydrogen (secondary N) is 3. The quantitative estimate of drug-likeness (QED) is 0.792. The Bertz CT molecular complexity index is 661. The van der Waals surface area contributed by atoms with Gasteiger partial charge in [0.15, 0.2) is 0 Å².